The van der Waals surface area contributed by atoms with Crippen molar-refractivity contribution >= 4 is 5.97 Å². The normalized spacial score (nSPS) is 10.6. The van der Waals surface area contributed by atoms with Crippen LogP contribution in [-0.2, 0) is 11.2 Å². The number of carbonyl (C=O) groups is 1. The van der Waals surface area contributed by atoms with Crippen LogP contribution in [0.25, 0.3) is 11.7 Å². The Hall–Kier alpha value is -2.04. The quantitative estimate of drug-likeness (QED) is 0.779. The first-order valence-electron chi connectivity index (χ1n) is 5.88. The predicted molar refractivity (Wildman–Crippen MR) is 64.3 cm³/mol. The molecule has 0 bridgehead atoms. The Kier molecular flexibility index (Phi) is 3.50. The summed E-state index contributed by atoms with van der Waals surface area (Å²) in [5, 5.41) is 0. The third-order valence-electron chi connectivity index (χ3n) is 2.55. The number of hydrogen-bond donors (Lipinski definition) is 0. The van der Waals surface area contributed by atoms with E-state index in [0.29, 0.717) is 30.4 Å². The summed E-state index contributed by atoms with van der Waals surface area (Å²) in [7, 11) is 0. The Labute approximate surface area is 105 Å². The average Bonchev–Trinajstić information content (AvgIpc) is 2.94. The second-order valence-electron chi connectivity index (χ2n) is 3.80. The van der Waals surface area contributed by atoms with E-state index in [1.807, 2.05) is 19.9 Å². The van der Waals surface area contributed by atoms with E-state index in [1.165, 1.54) is 0 Å². The molecule has 0 aliphatic heterocycles. The van der Waals surface area contributed by atoms with Gasteiger partial charge in [-0.15, -0.1) is 0 Å². The van der Waals surface area contributed by atoms with Gasteiger partial charge in [-0.3, -0.25) is 0 Å². The van der Waals surface area contributed by atoms with Crippen LogP contribution >= 0.6 is 0 Å². The highest BCUT2D eigenvalue weighted by Crippen LogP contribution is 2.26. The first-order chi connectivity index (χ1) is 8.67. The number of rotatable bonds is 4. The minimum Gasteiger partial charge on any atom is -0.460 e. The van der Waals surface area contributed by atoms with E-state index in [0.717, 1.165) is 5.56 Å². The molecule has 0 spiro atoms. The van der Waals surface area contributed by atoms with E-state index in [1.54, 1.807) is 13.2 Å². The van der Waals surface area contributed by atoms with Crippen LogP contribution in [0, 0.1) is 6.92 Å². The second-order valence-corrected chi connectivity index (χ2v) is 3.80. The van der Waals surface area contributed by atoms with Gasteiger partial charge in [0.25, 0.3) is 5.89 Å². The van der Waals surface area contributed by atoms with Gasteiger partial charge in [0, 0.05) is 5.56 Å². The first-order valence-corrected chi connectivity index (χ1v) is 5.88. The number of furan rings is 1. The van der Waals surface area contributed by atoms with Gasteiger partial charge in [0.2, 0.25) is 5.76 Å². The van der Waals surface area contributed by atoms with Gasteiger partial charge in [0.1, 0.15) is 0 Å². The summed E-state index contributed by atoms with van der Waals surface area (Å²) in [4.78, 5) is 16.0. The van der Waals surface area contributed by atoms with Crippen LogP contribution in [0.15, 0.2) is 21.2 Å². The van der Waals surface area contributed by atoms with E-state index in [-0.39, 0.29) is 5.76 Å². The number of ether oxygens (including phenoxy) is 1. The van der Waals surface area contributed by atoms with Gasteiger partial charge in [-0.2, -0.15) is 0 Å². The molecule has 0 fully saturated rings. The Balaban J connectivity index is 2.41. The van der Waals surface area contributed by atoms with Crippen LogP contribution in [0.4, 0.5) is 0 Å². The average molecular weight is 249 g/mol. The summed E-state index contributed by atoms with van der Waals surface area (Å²) in [6.07, 6.45) is 2.15. The number of hydrogen-bond acceptors (Lipinski definition) is 5. The highest BCUT2D eigenvalue weighted by atomic mass is 16.5. The molecule has 2 rings (SSSR count). The molecule has 0 radical (unpaired) electrons. The lowest BCUT2D eigenvalue weighted by atomic mass is 10.3. The van der Waals surface area contributed by atoms with Crippen molar-refractivity contribution < 1.29 is 18.4 Å². The van der Waals surface area contributed by atoms with Crippen LogP contribution in [-0.4, -0.2) is 17.6 Å². The number of esters is 1. The lowest BCUT2D eigenvalue weighted by Gasteiger charge is -1.98. The van der Waals surface area contributed by atoms with Crippen molar-refractivity contribution in [3.63, 3.8) is 0 Å². The Morgan fingerprint density at radius 1 is 1.44 bits per heavy atom. The summed E-state index contributed by atoms with van der Waals surface area (Å²) in [5.74, 6) is 0.528. The largest absolute Gasteiger partial charge is 0.460 e. The summed E-state index contributed by atoms with van der Waals surface area (Å²) < 4.78 is 15.7. The van der Waals surface area contributed by atoms with Gasteiger partial charge in [-0.25, -0.2) is 9.78 Å². The van der Waals surface area contributed by atoms with Crippen LogP contribution in [0.3, 0.4) is 0 Å². The van der Waals surface area contributed by atoms with Crippen LogP contribution in [0.2, 0.25) is 0 Å². The fourth-order valence-electron chi connectivity index (χ4n) is 1.64. The van der Waals surface area contributed by atoms with E-state index >= 15 is 0 Å². The van der Waals surface area contributed by atoms with Crippen LogP contribution < -0.4 is 0 Å². The highest BCUT2D eigenvalue weighted by molar-refractivity contribution is 5.88. The van der Waals surface area contributed by atoms with Crippen molar-refractivity contribution in [2.75, 3.05) is 6.61 Å². The van der Waals surface area contributed by atoms with E-state index < -0.39 is 5.97 Å². The molecule has 0 N–H and O–H groups in total. The van der Waals surface area contributed by atoms with E-state index in [4.69, 9.17) is 13.6 Å². The zero-order chi connectivity index (χ0) is 13.1. The minimum absolute atomic E-state index is 0.158. The molecule has 96 valence electrons. The Morgan fingerprint density at radius 2 is 2.22 bits per heavy atom. The number of oxazole rings is 1. The summed E-state index contributed by atoms with van der Waals surface area (Å²) in [6.45, 7) is 5.84. The van der Waals surface area contributed by atoms with Crippen molar-refractivity contribution in [3.8, 4) is 11.7 Å². The molecule has 0 unspecified atom stereocenters. The maximum absolute atomic E-state index is 11.7. The summed E-state index contributed by atoms with van der Waals surface area (Å²) in [6, 6.07) is 1.81. The molecule has 18 heavy (non-hydrogen) atoms. The van der Waals surface area contributed by atoms with Gasteiger partial charge >= 0.3 is 5.97 Å². The van der Waals surface area contributed by atoms with Gasteiger partial charge in [-0.05, 0) is 26.3 Å². The lowest BCUT2D eigenvalue weighted by molar-refractivity contribution is 0.0489. The topological polar surface area (TPSA) is 65.5 Å². The van der Waals surface area contributed by atoms with Gasteiger partial charge in [0.05, 0.1) is 18.6 Å². The molecule has 0 aromatic carbocycles. The van der Waals surface area contributed by atoms with Crippen molar-refractivity contribution in [2.45, 2.75) is 27.2 Å². The third-order valence-corrected chi connectivity index (χ3v) is 2.55. The van der Waals surface area contributed by atoms with E-state index in [9.17, 15) is 4.79 Å². The van der Waals surface area contributed by atoms with E-state index in [2.05, 4.69) is 4.98 Å². The Morgan fingerprint density at radius 3 is 2.78 bits per heavy atom. The minimum atomic E-state index is -0.489. The fraction of sp³-hybridized carbons (Fsp3) is 0.385. The molecule has 5 nitrogen and oxygen atoms in total. The molecule has 0 aliphatic rings. The molecule has 0 atom stereocenters. The maximum atomic E-state index is 11.7. The maximum Gasteiger partial charge on any atom is 0.376 e. The summed E-state index contributed by atoms with van der Waals surface area (Å²) in [5.41, 5.74) is 1.49. The number of aryl methyl sites for hydroxylation is 2. The van der Waals surface area contributed by atoms with Crippen molar-refractivity contribution in [1.29, 1.82) is 0 Å². The van der Waals surface area contributed by atoms with Crippen molar-refractivity contribution in [2.24, 2.45) is 0 Å². The first kappa shape index (κ1) is 12.4. The number of carbonyl (C=O) groups excluding carboxylic acids is 1. The molecule has 0 saturated carbocycles. The van der Waals surface area contributed by atoms with Gasteiger partial charge in [-0.1, -0.05) is 6.92 Å². The monoisotopic (exact) mass is 249 g/mol. The zero-order valence-electron chi connectivity index (χ0n) is 10.6. The van der Waals surface area contributed by atoms with Gasteiger partial charge in [0.15, 0.2) is 5.76 Å². The predicted octanol–water partition coefficient (Wildman–Crippen LogP) is 2.98. The molecular formula is C13H15NO4. The lowest BCUT2D eigenvalue weighted by Crippen LogP contribution is -2.05. The SMILES string of the molecule is CCOC(=O)c1oc(-c2occc2C)nc1CC. The third kappa shape index (κ3) is 2.16. The molecular weight excluding hydrogens is 234 g/mol. The number of nitrogens with zero attached hydrogens (tertiary/aromatic N) is 1. The summed E-state index contributed by atoms with van der Waals surface area (Å²) >= 11 is 0. The van der Waals surface area contributed by atoms with Gasteiger partial charge < -0.3 is 13.6 Å². The smallest absolute Gasteiger partial charge is 0.376 e. The molecule has 2 heterocycles. The Bertz CT molecular complexity index is 553. The molecule has 0 amide bonds. The highest BCUT2D eigenvalue weighted by Gasteiger charge is 2.22. The molecule has 0 saturated heterocycles. The molecule has 5 heteroatoms. The zero-order valence-corrected chi connectivity index (χ0v) is 10.6. The van der Waals surface area contributed by atoms with Crippen LogP contribution in [0.1, 0.15) is 35.7 Å². The molecule has 2 aromatic rings. The van der Waals surface area contributed by atoms with Crippen molar-refractivity contribution in [1.82, 2.24) is 4.98 Å². The van der Waals surface area contributed by atoms with Crippen molar-refractivity contribution in [3.05, 3.63) is 29.3 Å². The standard InChI is InChI=1S/C13H15NO4/c1-4-9-11(13(15)16-5-2)18-12(14-9)10-8(3)6-7-17-10/h6-7H,4-5H2,1-3H3. The molecule has 0 aliphatic carbocycles. The fourth-order valence-corrected chi connectivity index (χ4v) is 1.64. The second kappa shape index (κ2) is 5.08. The number of aromatic nitrogens is 1. The van der Waals surface area contributed by atoms with Crippen LogP contribution in [0.5, 0.6) is 0 Å². The molecule has 2 aromatic heterocycles.